The molecule has 176 valence electrons. The van der Waals surface area contributed by atoms with Crippen molar-refractivity contribution < 1.29 is 18.7 Å². The fourth-order valence-corrected chi connectivity index (χ4v) is 5.21. The lowest BCUT2D eigenvalue weighted by atomic mass is 10.2. The van der Waals surface area contributed by atoms with Crippen molar-refractivity contribution in [1.29, 1.82) is 0 Å². The third-order valence-corrected chi connectivity index (χ3v) is 7.24. The number of nitrogens with zero attached hydrogens (tertiary/aromatic N) is 2. The van der Waals surface area contributed by atoms with Gasteiger partial charge in [0.25, 0.3) is 11.5 Å². The standard InChI is InChI=1S/C25H18BrN3O5S/c1-13-21-24(35-22(13)23(31)28-16-5-3-4-6-19(16)33-2)27-12-29(25(21)32)11-17(30)20-10-14-9-15(26)7-8-18(14)34-20/h3-10,12H,11H2,1-2H3,(H,28,31). The molecule has 0 fully saturated rings. The average Bonchev–Trinajstić information content (AvgIpc) is 3.42. The second-order valence-electron chi connectivity index (χ2n) is 7.78. The average molecular weight is 552 g/mol. The lowest BCUT2D eigenvalue weighted by Gasteiger charge is -2.09. The Hall–Kier alpha value is -3.76. The molecular weight excluding hydrogens is 534 g/mol. The lowest BCUT2D eigenvalue weighted by Crippen LogP contribution is -2.24. The van der Waals surface area contributed by atoms with E-state index in [0.29, 0.717) is 37.7 Å². The van der Waals surface area contributed by atoms with Crippen LogP contribution in [0.5, 0.6) is 5.75 Å². The van der Waals surface area contributed by atoms with Gasteiger partial charge in [-0.15, -0.1) is 11.3 Å². The molecular formula is C25H18BrN3O5S. The van der Waals surface area contributed by atoms with Gasteiger partial charge in [0.1, 0.15) is 16.2 Å². The summed E-state index contributed by atoms with van der Waals surface area (Å²) < 4.78 is 13.0. The number of amides is 1. The number of carbonyl (C=O) groups excluding carboxylic acids is 2. The first-order valence-electron chi connectivity index (χ1n) is 10.5. The molecule has 0 aliphatic heterocycles. The highest BCUT2D eigenvalue weighted by Gasteiger charge is 2.22. The summed E-state index contributed by atoms with van der Waals surface area (Å²) in [4.78, 5) is 44.2. The van der Waals surface area contributed by atoms with Crippen LogP contribution < -0.4 is 15.6 Å². The van der Waals surface area contributed by atoms with E-state index in [0.717, 1.165) is 21.2 Å². The molecule has 10 heteroatoms. The number of methoxy groups -OCH3 is 1. The molecule has 35 heavy (non-hydrogen) atoms. The normalized spacial score (nSPS) is 11.2. The van der Waals surface area contributed by atoms with E-state index in [-0.39, 0.29) is 24.0 Å². The van der Waals surface area contributed by atoms with Gasteiger partial charge in [0.2, 0.25) is 5.78 Å². The van der Waals surface area contributed by atoms with Gasteiger partial charge in [-0.1, -0.05) is 28.1 Å². The van der Waals surface area contributed by atoms with Crippen molar-refractivity contribution in [3.63, 3.8) is 0 Å². The number of furan rings is 1. The molecule has 3 aromatic heterocycles. The van der Waals surface area contributed by atoms with Gasteiger partial charge in [0, 0.05) is 9.86 Å². The number of fused-ring (bicyclic) bond motifs is 2. The maximum Gasteiger partial charge on any atom is 0.266 e. The van der Waals surface area contributed by atoms with E-state index in [1.54, 1.807) is 43.3 Å². The molecule has 0 spiro atoms. The highest BCUT2D eigenvalue weighted by molar-refractivity contribution is 9.10. The number of thiophene rings is 1. The Kier molecular flexibility index (Phi) is 6.00. The maximum absolute atomic E-state index is 13.2. The monoisotopic (exact) mass is 551 g/mol. The summed E-state index contributed by atoms with van der Waals surface area (Å²) in [6.07, 6.45) is 1.32. The van der Waals surface area contributed by atoms with Crippen LogP contribution in [0.3, 0.4) is 0 Å². The second-order valence-corrected chi connectivity index (χ2v) is 9.70. The number of Topliss-reactive ketones (excluding diaryl/α,β-unsaturated/α-hetero) is 1. The fraction of sp³-hybridized carbons (Fsp3) is 0.120. The van der Waals surface area contributed by atoms with Gasteiger partial charge in [0.05, 0.1) is 35.9 Å². The molecule has 2 aromatic carbocycles. The number of aromatic nitrogens is 2. The van der Waals surface area contributed by atoms with Gasteiger partial charge in [-0.3, -0.25) is 19.0 Å². The topological polar surface area (TPSA) is 103 Å². The predicted molar refractivity (Wildman–Crippen MR) is 138 cm³/mol. The van der Waals surface area contributed by atoms with Crippen LogP contribution in [0, 0.1) is 6.92 Å². The first kappa shape index (κ1) is 23.0. The minimum absolute atomic E-state index is 0.156. The molecule has 0 aliphatic rings. The van der Waals surface area contributed by atoms with Crippen LogP contribution in [-0.2, 0) is 6.54 Å². The molecule has 5 rings (SSSR count). The number of anilines is 1. The van der Waals surface area contributed by atoms with Crippen LogP contribution in [0.1, 0.15) is 25.8 Å². The Bertz CT molecular complexity index is 1680. The summed E-state index contributed by atoms with van der Waals surface area (Å²) in [7, 11) is 1.52. The molecule has 0 bridgehead atoms. The SMILES string of the molecule is COc1ccccc1NC(=O)c1sc2ncn(CC(=O)c3cc4cc(Br)ccc4o3)c(=O)c2c1C. The molecule has 0 aliphatic carbocycles. The summed E-state index contributed by atoms with van der Waals surface area (Å²) in [5, 5.41) is 3.91. The fourth-order valence-electron chi connectivity index (χ4n) is 3.80. The number of nitrogens with one attached hydrogen (secondary N) is 1. The number of para-hydroxylation sites is 2. The Morgan fingerprint density at radius 1 is 1.20 bits per heavy atom. The summed E-state index contributed by atoms with van der Waals surface area (Å²) in [5.74, 6) is -0.0476. The number of benzene rings is 2. The minimum atomic E-state index is -0.396. The molecule has 3 heterocycles. The third kappa shape index (κ3) is 4.26. The van der Waals surface area contributed by atoms with Crippen LogP contribution in [0.4, 0.5) is 5.69 Å². The number of hydrogen-bond donors (Lipinski definition) is 1. The summed E-state index contributed by atoms with van der Waals surface area (Å²) >= 11 is 4.52. The molecule has 0 saturated carbocycles. The van der Waals surface area contributed by atoms with Gasteiger partial charge < -0.3 is 14.5 Å². The predicted octanol–water partition coefficient (Wildman–Crippen LogP) is 5.42. The number of halogens is 1. The van der Waals surface area contributed by atoms with Gasteiger partial charge >= 0.3 is 0 Å². The van der Waals surface area contributed by atoms with E-state index in [4.69, 9.17) is 9.15 Å². The zero-order chi connectivity index (χ0) is 24.7. The van der Waals surface area contributed by atoms with Gasteiger partial charge in [0.15, 0.2) is 5.76 Å². The van der Waals surface area contributed by atoms with Crippen LogP contribution >= 0.6 is 27.3 Å². The highest BCUT2D eigenvalue weighted by Crippen LogP contribution is 2.30. The van der Waals surface area contributed by atoms with E-state index >= 15 is 0 Å². The first-order valence-corrected chi connectivity index (χ1v) is 12.1. The van der Waals surface area contributed by atoms with Gasteiger partial charge in [-0.2, -0.15) is 0 Å². The number of ether oxygens (including phenoxy) is 1. The minimum Gasteiger partial charge on any atom is -0.495 e. The molecule has 0 radical (unpaired) electrons. The van der Waals surface area contributed by atoms with Crippen LogP contribution in [0.15, 0.2) is 68.5 Å². The van der Waals surface area contributed by atoms with Crippen molar-refractivity contribution in [1.82, 2.24) is 9.55 Å². The van der Waals surface area contributed by atoms with Crippen LogP contribution in [-0.4, -0.2) is 28.4 Å². The molecule has 8 nitrogen and oxygen atoms in total. The van der Waals surface area contributed by atoms with Gasteiger partial charge in [-0.05, 0) is 48.9 Å². The smallest absolute Gasteiger partial charge is 0.266 e. The number of ketones is 1. The Labute approximate surface area is 211 Å². The summed E-state index contributed by atoms with van der Waals surface area (Å²) in [6, 6.07) is 14.1. The van der Waals surface area contributed by atoms with E-state index in [1.807, 2.05) is 12.1 Å². The largest absolute Gasteiger partial charge is 0.495 e. The number of carbonyl (C=O) groups is 2. The van der Waals surface area contributed by atoms with Crippen LogP contribution in [0.2, 0.25) is 0 Å². The maximum atomic E-state index is 13.2. The molecule has 5 aromatic rings. The summed E-state index contributed by atoms with van der Waals surface area (Å²) in [6.45, 7) is 1.46. The quantitative estimate of drug-likeness (QED) is 0.282. The van der Waals surface area contributed by atoms with Crippen molar-refractivity contribution in [2.24, 2.45) is 0 Å². The third-order valence-electron chi connectivity index (χ3n) is 5.55. The highest BCUT2D eigenvalue weighted by atomic mass is 79.9. The second kappa shape index (κ2) is 9.12. The summed E-state index contributed by atoms with van der Waals surface area (Å²) in [5.41, 5.74) is 1.21. The molecule has 0 atom stereocenters. The van der Waals surface area contributed by atoms with Crippen molar-refractivity contribution >= 4 is 65.8 Å². The zero-order valence-corrected chi connectivity index (χ0v) is 21.0. The zero-order valence-electron chi connectivity index (χ0n) is 18.6. The molecule has 0 unspecified atom stereocenters. The number of hydrogen-bond acceptors (Lipinski definition) is 7. The molecule has 1 amide bonds. The van der Waals surface area contributed by atoms with E-state index in [2.05, 4.69) is 26.2 Å². The Morgan fingerprint density at radius 2 is 2.00 bits per heavy atom. The lowest BCUT2D eigenvalue weighted by molar-refractivity contribution is 0.0945. The number of aryl methyl sites for hydroxylation is 1. The van der Waals surface area contributed by atoms with Gasteiger partial charge in [-0.25, -0.2) is 4.98 Å². The van der Waals surface area contributed by atoms with Crippen molar-refractivity contribution in [2.75, 3.05) is 12.4 Å². The molecule has 1 N–H and O–H groups in total. The van der Waals surface area contributed by atoms with Crippen molar-refractivity contribution in [3.05, 3.63) is 85.9 Å². The molecule has 0 saturated heterocycles. The number of rotatable bonds is 6. The van der Waals surface area contributed by atoms with E-state index in [9.17, 15) is 14.4 Å². The Balaban J connectivity index is 1.44. The van der Waals surface area contributed by atoms with E-state index in [1.165, 1.54) is 18.0 Å². The van der Waals surface area contributed by atoms with E-state index < -0.39 is 5.56 Å². The van der Waals surface area contributed by atoms with Crippen molar-refractivity contribution in [2.45, 2.75) is 13.5 Å². The van der Waals surface area contributed by atoms with Crippen molar-refractivity contribution in [3.8, 4) is 5.75 Å². The van der Waals surface area contributed by atoms with Crippen LogP contribution in [0.25, 0.3) is 21.2 Å². The Morgan fingerprint density at radius 3 is 2.80 bits per heavy atom. The first-order chi connectivity index (χ1) is 16.9.